The third kappa shape index (κ3) is 3.89. The highest BCUT2D eigenvalue weighted by Gasteiger charge is 2.57. The number of allylic oxidation sites excluding steroid dienone is 2. The Morgan fingerprint density at radius 1 is 0.833 bits per heavy atom. The summed E-state index contributed by atoms with van der Waals surface area (Å²) in [4.78, 5) is 25.9. The maximum atomic E-state index is 12.9. The van der Waals surface area contributed by atoms with Crippen molar-refractivity contribution in [3.05, 3.63) is 24.3 Å². The van der Waals surface area contributed by atoms with Crippen LogP contribution in [0.15, 0.2) is 24.3 Å². The van der Waals surface area contributed by atoms with Gasteiger partial charge in [-0.15, -0.1) is 0 Å². The summed E-state index contributed by atoms with van der Waals surface area (Å²) in [5.74, 6) is -0.0784. The third-order valence-corrected chi connectivity index (χ3v) is 11.5. The average molecular weight is 498 g/mol. The zero-order chi connectivity index (χ0) is 25.4. The lowest BCUT2D eigenvalue weighted by molar-refractivity contribution is -0.155. The Morgan fingerprint density at radius 3 is 1.67 bits per heavy atom. The van der Waals surface area contributed by atoms with Crippen molar-refractivity contribution < 1.29 is 24.3 Å². The molecule has 0 aromatic rings. The van der Waals surface area contributed by atoms with E-state index in [0.717, 1.165) is 64.2 Å². The molecule has 4 saturated carbocycles. The van der Waals surface area contributed by atoms with Crippen LogP contribution >= 0.6 is 0 Å². The number of rotatable bonds is 4. The van der Waals surface area contributed by atoms with Crippen LogP contribution in [0.1, 0.15) is 78.1 Å². The zero-order valence-electron chi connectivity index (χ0n) is 22.0. The SMILES string of the molecule is C=C1CCC[C@@]2(C)C[C@@H]3OC(=O)[C@H](CN(O)C[C@@H]4C(=O)O[C@H]5C[C@@]6(C)CCCC(=C)[C@@H]6C[C@@H]54)[C@H]3C[C@H]12. The standard InChI is InChI=1S/C30H43NO5/c1-17-7-5-9-29(3)13-25-19(11-23(17)29)21(27(32)35-25)15-31(34)16-22-20-12-24-18(2)8-6-10-30(24,4)14-26(20)36-28(22)33/h19-26,34H,1-2,5-16H2,3-4H3/t19-,20-,21-,22+,23-,24+,25+,26+,29+,30-/m1/s1. The first-order valence-corrected chi connectivity index (χ1v) is 14.3. The maximum Gasteiger partial charge on any atom is 0.311 e. The van der Waals surface area contributed by atoms with Gasteiger partial charge in [0, 0.05) is 24.9 Å². The van der Waals surface area contributed by atoms with Gasteiger partial charge >= 0.3 is 11.9 Å². The maximum absolute atomic E-state index is 12.9. The second kappa shape index (κ2) is 8.69. The normalized spacial score (nSPS) is 48.1. The number of hydroxylamine groups is 2. The Balaban J connectivity index is 1.13. The molecule has 10 atom stereocenters. The van der Waals surface area contributed by atoms with Crippen molar-refractivity contribution in [3.8, 4) is 0 Å². The summed E-state index contributed by atoms with van der Waals surface area (Å²) in [5, 5.41) is 12.3. The van der Waals surface area contributed by atoms with Gasteiger partial charge in [0.2, 0.25) is 0 Å². The van der Waals surface area contributed by atoms with Gasteiger partial charge in [-0.05, 0) is 86.9 Å². The van der Waals surface area contributed by atoms with Crippen LogP contribution in [0.25, 0.3) is 0 Å². The van der Waals surface area contributed by atoms with Crippen molar-refractivity contribution in [2.45, 2.75) is 90.3 Å². The van der Waals surface area contributed by atoms with Crippen LogP contribution in [-0.4, -0.2) is 47.5 Å². The molecule has 0 radical (unpaired) electrons. The molecule has 6 aliphatic rings. The Hall–Kier alpha value is -1.66. The largest absolute Gasteiger partial charge is 0.462 e. The van der Waals surface area contributed by atoms with Gasteiger partial charge in [0.1, 0.15) is 12.2 Å². The van der Waals surface area contributed by atoms with Gasteiger partial charge in [-0.25, -0.2) is 0 Å². The molecular formula is C30H43NO5. The smallest absolute Gasteiger partial charge is 0.311 e. The molecule has 0 bridgehead atoms. The van der Waals surface area contributed by atoms with Crippen molar-refractivity contribution in [3.63, 3.8) is 0 Å². The molecule has 0 aromatic carbocycles. The van der Waals surface area contributed by atoms with E-state index in [1.165, 1.54) is 16.2 Å². The molecule has 36 heavy (non-hydrogen) atoms. The molecule has 2 heterocycles. The molecule has 2 saturated heterocycles. The van der Waals surface area contributed by atoms with Gasteiger partial charge in [0.15, 0.2) is 0 Å². The number of ether oxygens (including phenoxy) is 2. The van der Waals surface area contributed by atoms with E-state index in [4.69, 9.17) is 9.47 Å². The van der Waals surface area contributed by atoms with Crippen LogP contribution < -0.4 is 0 Å². The Labute approximate surface area is 215 Å². The summed E-state index contributed by atoms with van der Waals surface area (Å²) in [6.07, 6.45) is 10.2. The summed E-state index contributed by atoms with van der Waals surface area (Å²) in [6, 6.07) is 0. The predicted molar refractivity (Wildman–Crippen MR) is 135 cm³/mol. The summed E-state index contributed by atoms with van der Waals surface area (Å²) >= 11 is 0. The summed E-state index contributed by atoms with van der Waals surface area (Å²) in [7, 11) is 0. The van der Waals surface area contributed by atoms with E-state index in [1.807, 2.05) is 0 Å². The van der Waals surface area contributed by atoms with Crippen LogP contribution in [0, 0.1) is 46.3 Å². The monoisotopic (exact) mass is 497 g/mol. The van der Waals surface area contributed by atoms with Gasteiger partial charge in [-0.2, -0.15) is 5.06 Å². The van der Waals surface area contributed by atoms with Crippen molar-refractivity contribution in [2.24, 2.45) is 46.3 Å². The van der Waals surface area contributed by atoms with Crippen molar-refractivity contribution >= 4 is 11.9 Å². The van der Waals surface area contributed by atoms with E-state index in [-0.39, 0.29) is 71.7 Å². The molecule has 6 rings (SSSR count). The van der Waals surface area contributed by atoms with E-state index in [1.54, 1.807) is 0 Å². The fraction of sp³-hybridized carbons (Fsp3) is 0.800. The number of esters is 2. The van der Waals surface area contributed by atoms with Crippen LogP contribution in [0.4, 0.5) is 0 Å². The fourth-order valence-corrected chi connectivity index (χ4v) is 9.46. The van der Waals surface area contributed by atoms with Crippen molar-refractivity contribution in [2.75, 3.05) is 13.1 Å². The minimum atomic E-state index is -0.361. The van der Waals surface area contributed by atoms with Crippen LogP contribution in [0.5, 0.6) is 0 Å². The molecular weight excluding hydrogens is 454 g/mol. The summed E-state index contributed by atoms with van der Waals surface area (Å²) in [6.45, 7) is 13.8. The first-order chi connectivity index (χ1) is 17.1. The number of fused-ring (bicyclic) bond motifs is 4. The van der Waals surface area contributed by atoms with Gasteiger partial charge in [-0.1, -0.05) is 38.2 Å². The highest BCUT2D eigenvalue weighted by atomic mass is 16.6. The third-order valence-electron chi connectivity index (χ3n) is 11.5. The molecule has 1 N–H and O–H groups in total. The Kier molecular flexibility index (Phi) is 5.95. The topological polar surface area (TPSA) is 76.1 Å². The number of hydrogen-bond acceptors (Lipinski definition) is 6. The Morgan fingerprint density at radius 2 is 1.25 bits per heavy atom. The number of carbonyl (C=O) groups is 2. The molecule has 6 nitrogen and oxygen atoms in total. The van der Waals surface area contributed by atoms with Gasteiger partial charge < -0.3 is 14.7 Å². The van der Waals surface area contributed by atoms with Crippen molar-refractivity contribution in [1.29, 1.82) is 0 Å². The molecule has 0 unspecified atom stereocenters. The molecule has 0 spiro atoms. The van der Waals surface area contributed by atoms with E-state index in [9.17, 15) is 14.8 Å². The molecule has 0 amide bonds. The molecule has 2 aliphatic heterocycles. The van der Waals surface area contributed by atoms with Gasteiger partial charge in [-0.3, -0.25) is 9.59 Å². The van der Waals surface area contributed by atoms with Crippen LogP contribution in [-0.2, 0) is 19.1 Å². The average Bonchev–Trinajstić information content (AvgIpc) is 3.25. The summed E-state index contributed by atoms with van der Waals surface area (Å²) in [5.41, 5.74) is 2.95. The van der Waals surface area contributed by atoms with E-state index in [0.29, 0.717) is 11.8 Å². The lowest BCUT2D eigenvalue weighted by Crippen LogP contribution is -2.47. The van der Waals surface area contributed by atoms with Crippen LogP contribution in [0.2, 0.25) is 0 Å². The van der Waals surface area contributed by atoms with E-state index in [2.05, 4.69) is 27.0 Å². The quantitative estimate of drug-likeness (QED) is 0.322. The minimum absolute atomic E-state index is 0.0720. The lowest BCUT2D eigenvalue weighted by Gasteiger charge is -2.50. The first-order valence-electron chi connectivity index (χ1n) is 14.3. The summed E-state index contributed by atoms with van der Waals surface area (Å²) < 4.78 is 11.8. The minimum Gasteiger partial charge on any atom is -0.462 e. The lowest BCUT2D eigenvalue weighted by atomic mass is 9.55. The fourth-order valence-electron chi connectivity index (χ4n) is 9.46. The highest BCUT2D eigenvalue weighted by Crippen LogP contribution is 2.58. The van der Waals surface area contributed by atoms with Crippen molar-refractivity contribution in [1.82, 2.24) is 5.06 Å². The predicted octanol–water partition coefficient (Wildman–Crippen LogP) is 5.31. The molecule has 4 aliphatic carbocycles. The van der Waals surface area contributed by atoms with E-state index < -0.39 is 0 Å². The second-order valence-electron chi connectivity index (χ2n) is 13.7. The number of carbonyl (C=O) groups excluding carboxylic acids is 2. The first kappa shape index (κ1) is 24.7. The molecule has 0 aromatic heterocycles. The number of hydrogen-bond donors (Lipinski definition) is 1. The Bertz CT molecular complexity index is 900. The number of nitrogens with zero attached hydrogens (tertiary/aromatic N) is 1. The molecule has 198 valence electrons. The zero-order valence-corrected chi connectivity index (χ0v) is 22.0. The molecule has 6 fully saturated rings. The van der Waals surface area contributed by atoms with Crippen LogP contribution in [0.3, 0.4) is 0 Å². The second-order valence-corrected chi connectivity index (χ2v) is 13.7. The van der Waals surface area contributed by atoms with E-state index >= 15 is 0 Å². The van der Waals surface area contributed by atoms with Gasteiger partial charge in [0.25, 0.3) is 0 Å². The highest BCUT2D eigenvalue weighted by molar-refractivity contribution is 5.76. The molecule has 6 heteroatoms. The van der Waals surface area contributed by atoms with Gasteiger partial charge in [0.05, 0.1) is 11.8 Å².